The highest BCUT2D eigenvalue weighted by Gasteiger charge is 2.15. The molecular weight excluding hydrogens is 235 g/mol. The molecule has 0 aromatic heterocycles. The van der Waals surface area contributed by atoms with Gasteiger partial charge in [0.2, 0.25) is 0 Å². The lowest BCUT2D eigenvalue weighted by Crippen LogP contribution is -1.99. The van der Waals surface area contributed by atoms with Gasteiger partial charge in [0.1, 0.15) is 11.5 Å². The molecule has 86 valence electrons. The van der Waals surface area contributed by atoms with Crippen LogP contribution >= 0.6 is 11.6 Å². The van der Waals surface area contributed by atoms with Crippen molar-refractivity contribution < 1.29 is 9.31 Å². The fourth-order valence-corrected chi connectivity index (χ4v) is 1.31. The molecule has 1 rings (SSSR count). The molecule has 0 aliphatic carbocycles. The molecule has 0 spiro atoms. The minimum absolute atomic E-state index is 0.0442. The number of hydrogen-bond donors (Lipinski definition) is 1. The fraction of sp³-hybridized carbons (Fsp3) is 0.200. The highest BCUT2D eigenvalue weighted by molar-refractivity contribution is 6.17. The monoisotopic (exact) mass is 244 g/mol. The molecule has 0 heterocycles. The zero-order chi connectivity index (χ0) is 12.1. The van der Waals surface area contributed by atoms with E-state index < -0.39 is 16.4 Å². The van der Waals surface area contributed by atoms with Crippen LogP contribution in [0.2, 0.25) is 0 Å². The van der Waals surface area contributed by atoms with E-state index in [-0.39, 0.29) is 11.3 Å². The number of benzene rings is 1. The quantitative estimate of drug-likeness (QED) is 0.383. The molecule has 16 heavy (non-hydrogen) atoms. The average molecular weight is 245 g/mol. The van der Waals surface area contributed by atoms with Gasteiger partial charge in [0.15, 0.2) is 0 Å². The van der Waals surface area contributed by atoms with Gasteiger partial charge in [-0.1, -0.05) is 12.2 Å². The molecule has 2 N–H and O–H groups in total. The molecule has 0 aliphatic rings. The number of nitrogen functional groups attached to an aromatic ring is 1. The van der Waals surface area contributed by atoms with Crippen molar-refractivity contribution in [1.82, 2.24) is 0 Å². The Kier molecular flexibility index (Phi) is 4.25. The lowest BCUT2D eigenvalue weighted by Gasteiger charge is -2.02. The molecule has 1 aromatic carbocycles. The van der Waals surface area contributed by atoms with Crippen molar-refractivity contribution in [1.29, 1.82) is 0 Å². The van der Waals surface area contributed by atoms with Crippen molar-refractivity contribution in [2.24, 2.45) is 0 Å². The van der Waals surface area contributed by atoms with Crippen LogP contribution in [0.4, 0.5) is 15.8 Å². The predicted molar refractivity (Wildman–Crippen MR) is 61.8 cm³/mol. The van der Waals surface area contributed by atoms with Crippen LogP contribution in [0.5, 0.6) is 0 Å². The van der Waals surface area contributed by atoms with Crippen LogP contribution in [0.3, 0.4) is 0 Å². The number of nitrogens with zero attached hydrogens (tertiary/aromatic N) is 1. The third kappa shape index (κ3) is 2.93. The van der Waals surface area contributed by atoms with Crippen molar-refractivity contribution >= 4 is 29.1 Å². The van der Waals surface area contributed by atoms with Crippen LogP contribution in [-0.2, 0) is 0 Å². The maximum absolute atomic E-state index is 13.1. The first-order valence-electron chi connectivity index (χ1n) is 4.52. The second-order valence-electron chi connectivity index (χ2n) is 3.06. The van der Waals surface area contributed by atoms with E-state index in [0.29, 0.717) is 12.3 Å². The molecule has 4 nitrogen and oxygen atoms in total. The van der Waals surface area contributed by atoms with Crippen LogP contribution in [0.1, 0.15) is 12.0 Å². The zero-order valence-corrected chi connectivity index (χ0v) is 9.08. The van der Waals surface area contributed by atoms with Gasteiger partial charge in [-0.25, -0.2) is 4.39 Å². The molecule has 1 aromatic rings. The van der Waals surface area contributed by atoms with E-state index in [4.69, 9.17) is 17.3 Å². The van der Waals surface area contributed by atoms with Crippen molar-refractivity contribution in [2.45, 2.75) is 6.42 Å². The van der Waals surface area contributed by atoms with E-state index in [0.717, 1.165) is 12.1 Å². The van der Waals surface area contributed by atoms with Gasteiger partial charge in [-0.15, -0.1) is 11.6 Å². The van der Waals surface area contributed by atoms with Crippen LogP contribution < -0.4 is 5.73 Å². The van der Waals surface area contributed by atoms with Crippen LogP contribution in [-0.4, -0.2) is 10.8 Å². The maximum Gasteiger partial charge on any atom is 0.295 e. The van der Waals surface area contributed by atoms with Gasteiger partial charge >= 0.3 is 0 Å². The van der Waals surface area contributed by atoms with Gasteiger partial charge in [0.05, 0.1) is 11.0 Å². The van der Waals surface area contributed by atoms with E-state index in [1.54, 1.807) is 6.08 Å². The summed E-state index contributed by atoms with van der Waals surface area (Å²) in [5.41, 5.74) is 5.36. The summed E-state index contributed by atoms with van der Waals surface area (Å²) in [6, 6.07) is 1.95. The van der Waals surface area contributed by atoms with Gasteiger partial charge in [-0.05, 0) is 12.5 Å². The summed E-state index contributed by atoms with van der Waals surface area (Å²) < 4.78 is 13.1. The zero-order valence-electron chi connectivity index (χ0n) is 8.32. The fourth-order valence-electron chi connectivity index (χ4n) is 1.19. The second kappa shape index (κ2) is 5.46. The van der Waals surface area contributed by atoms with Crippen LogP contribution in [0.15, 0.2) is 18.2 Å². The molecule has 0 radical (unpaired) electrons. The molecule has 0 fully saturated rings. The average Bonchev–Trinajstić information content (AvgIpc) is 2.22. The maximum atomic E-state index is 13.1. The number of allylic oxidation sites excluding steroid dienone is 1. The van der Waals surface area contributed by atoms with Gasteiger partial charge in [-0.3, -0.25) is 10.1 Å². The highest BCUT2D eigenvalue weighted by atomic mass is 35.5. The predicted octanol–water partition coefficient (Wildman–Crippen LogP) is 2.96. The number of hydrogen-bond acceptors (Lipinski definition) is 3. The third-order valence-corrected chi connectivity index (χ3v) is 2.14. The number of alkyl halides is 1. The standard InChI is InChI=1S/C10H10ClFN2O2/c11-4-2-1-3-7-5-8(12)6-9(10(7)13)14(15)16/h1,3,5-6H,2,4,13H2. The number of nitrogens with two attached hydrogens (primary N) is 1. The number of halogens is 2. The molecule has 0 unspecified atom stereocenters. The van der Waals surface area contributed by atoms with Gasteiger partial charge in [-0.2, -0.15) is 0 Å². The minimum Gasteiger partial charge on any atom is -0.393 e. The largest absolute Gasteiger partial charge is 0.393 e. The molecule has 0 amide bonds. The Labute approximate surface area is 96.7 Å². The van der Waals surface area contributed by atoms with Gasteiger partial charge < -0.3 is 5.73 Å². The smallest absolute Gasteiger partial charge is 0.295 e. The summed E-state index contributed by atoms with van der Waals surface area (Å²) in [6.07, 6.45) is 3.79. The first-order valence-corrected chi connectivity index (χ1v) is 5.05. The molecule has 0 saturated heterocycles. The van der Waals surface area contributed by atoms with Crippen molar-refractivity contribution in [3.8, 4) is 0 Å². The lowest BCUT2D eigenvalue weighted by molar-refractivity contribution is -0.384. The molecule has 0 bridgehead atoms. The van der Waals surface area contributed by atoms with E-state index in [1.807, 2.05) is 0 Å². The lowest BCUT2D eigenvalue weighted by atomic mass is 10.1. The van der Waals surface area contributed by atoms with E-state index >= 15 is 0 Å². The summed E-state index contributed by atoms with van der Waals surface area (Å²) in [4.78, 5) is 9.86. The van der Waals surface area contributed by atoms with Crippen LogP contribution in [0.25, 0.3) is 6.08 Å². The number of nitro benzene ring substituents is 1. The molecular formula is C10H10ClFN2O2. The third-order valence-electron chi connectivity index (χ3n) is 1.92. The Balaban J connectivity index is 3.14. The normalized spacial score (nSPS) is 10.9. The first-order chi connectivity index (χ1) is 7.56. The molecule has 0 aliphatic heterocycles. The van der Waals surface area contributed by atoms with Crippen molar-refractivity contribution in [3.05, 3.63) is 39.7 Å². The van der Waals surface area contributed by atoms with Crippen molar-refractivity contribution in [2.75, 3.05) is 11.6 Å². The van der Waals surface area contributed by atoms with Crippen LogP contribution in [0, 0.1) is 15.9 Å². The van der Waals surface area contributed by atoms with E-state index in [9.17, 15) is 14.5 Å². The summed E-state index contributed by atoms with van der Waals surface area (Å²) in [5, 5.41) is 10.6. The summed E-state index contributed by atoms with van der Waals surface area (Å²) in [7, 11) is 0. The highest BCUT2D eigenvalue weighted by Crippen LogP contribution is 2.27. The number of nitro groups is 1. The molecule has 0 atom stereocenters. The number of anilines is 1. The first kappa shape index (κ1) is 12.4. The van der Waals surface area contributed by atoms with Gasteiger partial charge in [0, 0.05) is 11.4 Å². The Morgan fingerprint density at radius 1 is 1.56 bits per heavy atom. The summed E-state index contributed by atoms with van der Waals surface area (Å²) in [5.74, 6) is -0.264. The Morgan fingerprint density at radius 2 is 2.25 bits per heavy atom. The van der Waals surface area contributed by atoms with Crippen molar-refractivity contribution in [3.63, 3.8) is 0 Å². The molecule has 0 saturated carbocycles. The summed E-state index contributed by atoms with van der Waals surface area (Å²) in [6.45, 7) is 0. The number of rotatable bonds is 4. The Hall–Kier alpha value is -1.62. The van der Waals surface area contributed by atoms with E-state index in [1.165, 1.54) is 6.08 Å². The Bertz CT molecular complexity index is 435. The minimum atomic E-state index is -0.711. The SMILES string of the molecule is Nc1c(C=CCCCl)cc(F)cc1[N+](=O)[O-]. The second-order valence-corrected chi connectivity index (χ2v) is 3.44. The Morgan fingerprint density at radius 3 is 2.81 bits per heavy atom. The molecule has 6 heteroatoms. The van der Waals surface area contributed by atoms with E-state index in [2.05, 4.69) is 0 Å². The van der Waals surface area contributed by atoms with Gasteiger partial charge in [0.25, 0.3) is 5.69 Å². The topological polar surface area (TPSA) is 69.2 Å². The summed E-state index contributed by atoms with van der Waals surface area (Å²) >= 11 is 5.46.